The average Bonchev–Trinajstić information content (AvgIpc) is 2.22. The summed E-state index contributed by atoms with van der Waals surface area (Å²) < 4.78 is 88.1. The topological polar surface area (TPSA) is 116 Å². The lowest BCUT2D eigenvalue weighted by Crippen LogP contribution is -2.28. The number of sulfonamides is 2. The molecule has 0 atom stereocenters. The van der Waals surface area contributed by atoms with E-state index in [2.05, 4.69) is 0 Å². The second-order valence-electron chi connectivity index (χ2n) is 3.88. The first kappa shape index (κ1) is 17.5. The number of primary sulfonamides is 1. The van der Waals surface area contributed by atoms with Crippen LogP contribution in [0.15, 0.2) is 23.1 Å². The van der Waals surface area contributed by atoms with Gasteiger partial charge in [-0.05, 0) is 12.1 Å². The second-order valence-corrected chi connectivity index (χ2v) is 7.14. The van der Waals surface area contributed by atoms with Crippen LogP contribution in [0.4, 0.5) is 18.9 Å². The summed E-state index contributed by atoms with van der Waals surface area (Å²) in [7, 11) is -7.98. The van der Waals surface area contributed by atoms with Gasteiger partial charge >= 0.3 is 6.18 Å². The molecule has 0 radical (unpaired) electrons. The number of methoxy groups -OCH3 is 1. The minimum atomic E-state index is -4.98. The molecule has 21 heavy (non-hydrogen) atoms. The Hall–Kier alpha value is -1.53. The summed E-state index contributed by atoms with van der Waals surface area (Å²) >= 11 is 0. The number of ether oxygens (including phenoxy) is 1. The largest absolute Gasteiger partial charge is 0.497 e. The van der Waals surface area contributed by atoms with Crippen molar-refractivity contribution in [1.29, 1.82) is 0 Å². The fourth-order valence-electron chi connectivity index (χ4n) is 1.38. The maximum atomic E-state index is 12.1. The number of benzene rings is 1. The number of hydrogen-bond donors (Lipinski definition) is 2. The molecule has 0 saturated heterocycles. The van der Waals surface area contributed by atoms with E-state index in [4.69, 9.17) is 9.88 Å². The molecule has 0 amide bonds. The van der Waals surface area contributed by atoms with Gasteiger partial charge in [0.1, 0.15) is 10.6 Å². The molecule has 0 bridgehead atoms. The van der Waals surface area contributed by atoms with Gasteiger partial charge < -0.3 is 4.74 Å². The minimum absolute atomic E-state index is 0.0344. The molecule has 12 heteroatoms. The first-order chi connectivity index (χ1) is 9.34. The lowest BCUT2D eigenvalue weighted by Gasteiger charge is -2.13. The Labute approximate surface area is 119 Å². The van der Waals surface area contributed by atoms with Crippen LogP contribution < -0.4 is 14.6 Å². The first-order valence-electron chi connectivity index (χ1n) is 5.12. The van der Waals surface area contributed by atoms with Crippen molar-refractivity contribution in [3.05, 3.63) is 18.2 Å². The van der Waals surface area contributed by atoms with Crippen molar-refractivity contribution in [3.63, 3.8) is 0 Å². The third-order valence-corrected chi connectivity index (χ3v) is 4.32. The smallest absolute Gasteiger partial charge is 0.404 e. The third-order valence-electron chi connectivity index (χ3n) is 2.11. The van der Waals surface area contributed by atoms with Crippen LogP contribution in [0.25, 0.3) is 0 Å². The maximum absolute atomic E-state index is 12.1. The van der Waals surface area contributed by atoms with E-state index in [1.807, 2.05) is 0 Å². The molecule has 120 valence electrons. The van der Waals surface area contributed by atoms with Gasteiger partial charge in [0.2, 0.25) is 20.0 Å². The van der Waals surface area contributed by atoms with Gasteiger partial charge in [0.25, 0.3) is 0 Å². The molecule has 0 aliphatic rings. The molecule has 0 unspecified atom stereocenters. The van der Waals surface area contributed by atoms with Crippen LogP contribution in [-0.2, 0) is 20.0 Å². The summed E-state index contributed by atoms with van der Waals surface area (Å²) in [5.41, 5.74) is -0.624. The SMILES string of the molecule is COc1ccc(S(N)(=O)=O)c(NS(=O)(=O)CC(F)(F)F)c1. The molecule has 1 rings (SSSR count). The van der Waals surface area contributed by atoms with Crippen molar-refractivity contribution in [2.24, 2.45) is 5.14 Å². The van der Waals surface area contributed by atoms with Crippen molar-refractivity contribution in [3.8, 4) is 5.75 Å². The van der Waals surface area contributed by atoms with E-state index in [0.717, 1.165) is 12.1 Å². The Balaban J connectivity index is 3.29. The van der Waals surface area contributed by atoms with Crippen LogP contribution in [-0.4, -0.2) is 35.9 Å². The minimum Gasteiger partial charge on any atom is -0.497 e. The molecule has 0 aliphatic heterocycles. The highest BCUT2D eigenvalue weighted by molar-refractivity contribution is 7.93. The van der Waals surface area contributed by atoms with E-state index >= 15 is 0 Å². The monoisotopic (exact) mass is 348 g/mol. The fourth-order valence-corrected chi connectivity index (χ4v) is 3.13. The number of nitrogens with one attached hydrogen (secondary N) is 1. The Morgan fingerprint density at radius 1 is 1.24 bits per heavy atom. The molecule has 0 fully saturated rings. The Morgan fingerprint density at radius 2 is 1.81 bits per heavy atom. The van der Waals surface area contributed by atoms with Gasteiger partial charge in [0.05, 0.1) is 12.8 Å². The Kier molecular flexibility index (Phi) is 4.75. The van der Waals surface area contributed by atoms with E-state index < -0.39 is 42.6 Å². The van der Waals surface area contributed by atoms with Crippen LogP contribution in [0, 0.1) is 0 Å². The Bertz CT molecular complexity index is 728. The first-order valence-corrected chi connectivity index (χ1v) is 8.32. The third kappa shape index (κ3) is 5.40. The molecule has 0 aliphatic carbocycles. The van der Waals surface area contributed by atoms with Gasteiger partial charge in [-0.1, -0.05) is 0 Å². The van der Waals surface area contributed by atoms with Gasteiger partial charge in [-0.3, -0.25) is 4.72 Å². The average molecular weight is 348 g/mol. The molecule has 1 aromatic carbocycles. The van der Waals surface area contributed by atoms with Crippen molar-refractivity contribution in [2.75, 3.05) is 17.6 Å². The van der Waals surface area contributed by atoms with Crippen molar-refractivity contribution >= 4 is 25.7 Å². The molecule has 7 nitrogen and oxygen atoms in total. The number of hydrogen-bond acceptors (Lipinski definition) is 5. The molecule has 0 aromatic heterocycles. The van der Waals surface area contributed by atoms with Gasteiger partial charge in [0.15, 0.2) is 5.75 Å². The summed E-state index contributed by atoms with van der Waals surface area (Å²) in [5.74, 6) is -2.13. The highest BCUT2D eigenvalue weighted by atomic mass is 32.2. The summed E-state index contributed by atoms with van der Waals surface area (Å²) in [5, 5.41) is 4.87. The number of halogens is 3. The van der Waals surface area contributed by atoms with E-state index in [-0.39, 0.29) is 5.75 Å². The van der Waals surface area contributed by atoms with Gasteiger partial charge in [0, 0.05) is 6.07 Å². The number of nitrogens with two attached hydrogens (primary N) is 1. The van der Waals surface area contributed by atoms with Gasteiger partial charge in [-0.25, -0.2) is 22.0 Å². The van der Waals surface area contributed by atoms with E-state index in [0.29, 0.717) is 0 Å². The molecule has 0 spiro atoms. The van der Waals surface area contributed by atoms with E-state index in [1.165, 1.54) is 17.9 Å². The highest BCUT2D eigenvalue weighted by Crippen LogP contribution is 2.27. The van der Waals surface area contributed by atoms with Gasteiger partial charge in [-0.2, -0.15) is 13.2 Å². The standard InChI is InChI=1S/C9H11F3N2O5S2/c1-19-6-2-3-8(21(13,17)18)7(4-6)14-20(15,16)5-9(10,11)12/h2-4,14H,5H2,1H3,(H2,13,17,18). The summed E-state index contributed by atoms with van der Waals surface area (Å²) in [4.78, 5) is -0.672. The number of rotatable bonds is 5. The van der Waals surface area contributed by atoms with E-state index in [9.17, 15) is 30.0 Å². The zero-order valence-electron chi connectivity index (χ0n) is 10.5. The second kappa shape index (κ2) is 5.69. The van der Waals surface area contributed by atoms with Crippen LogP contribution in [0.3, 0.4) is 0 Å². The van der Waals surface area contributed by atoms with Crippen molar-refractivity contribution < 1.29 is 34.7 Å². The molecular formula is C9H11F3N2O5S2. The highest BCUT2D eigenvalue weighted by Gasteiger charge is 2.35. The predicted octanol–water partition coefficient (Wildman–Crippen LogP) is 0.647. The summed E-state index contributed by atoms with van der Waals surface area (Å²) in [6, 6.07) is 2.99. The predicted molar refractivity (Wildman–Crippen MR) is 67.8 cm³/mol. The summed E-state index contributed by atoms with van der Waals surface area (Å²) in [6.45, 7) is 0. The van der Waals surface area contributed by atoms with Crippen LogP contribution in [0.5, 0.6) is 5.75 Å². The normalized spacial score (nSPS) is 13.0. The summed E-state index contributed by atoms with van der Waals surface area (Å²) in [6.07, 6.45) is -4.98. The maximum Gasteiger partial charge on any atom is 0.404 e. The number of alkyl halides is 3. The molecular weight excluding hydrogens is 337 g/mol. The van der Waals surface area contributed by atoms with Gasteiger partial charge in [-0.15, -0.1) is 0 Å². The van der Waals surface area contributed by atoms with Crippen molar-refractivity contribution in [1.82, 2.24) is 0 Å². The fraction of sp³-hybridized carbons (Fsp3) is 0.333. The molecule has 0 heterocycles. The van der Waals surface area contributed by atoms with Crippen LogP contribution >= 0.6 is 0 Å². The molecule has 1 aromatic rings. The lowest BCUT2D eigenvalue weighted by molar-refractivity contribution is -0.106. The van der Waals surface area contributed by atoms with Crippen LogP contribution in [0.2, 0.25) is 0 Å². The number of anilines is 1. The zero-order valence-corrected chi connectivity index (χ0v) is 12.1. The quantitative estimate of drug-likeness (QED) is 0.810. The Morgan fingerprint density at radius 3 is 2.24 bits per heavy atom. The lowest BCUT2D eigenvalue weighted by atomic mass is 10.3. The molecule has 3 N–H and O–H groups in total. The van der Waals surface area contributed by atoms with E-state index in [1.54, 1.807) is 0 Å². The molecule has 0 saturated carbocycles. The zero-order chi connectivity index (χ0) is 16.5. The van der Waals surface area contributed by atoms with Crippen molar-refractivity contribution in [2.45, 2.75) is 11.1 Å². The van der Waals surface area contributed by atoms with Crippen LogP contribution in [0.1, 0.15) is 0 Å².